The van der Waals surface area contributed by atoms with Gasteiger partial charge in [-0.2, -0.15) is 0 Å². The van der Waals surface area contributed by atoms with Crippen LogP contribution in [-0.2, 0) is 24.3 Å². The van der Waals surface area contributed by atoms with Gasteiger partial charge < -0.3 is 15.2 Å². The Hall–Kier alpha value is -1.45. The summed E-state index contributed by atoms with van der Waals surface area (Å²) >= 11 is 0. The second kappa shape index (κ2) is 14.0. The van der Waals surface area contributed by atoms with Crippen LogP contribution in [0.3, 0.4) is 0 Å². The van der Waals surface area contributed by atoms with E-state index in [-0.39, 0.29) is 36.8 Å². The van der Waals surface area contributed by atoms with Crippen molar-refractivity contribution in [3.05, 3.63) is 12.2 Å². The molecule has 0 saturated carbocycles. The Bertz CT molecular complexity index is 724. The first-order valence-corrected chi connectivity index (χ1v) is 13.7. The molecule has 0 aromatic heterocycles. The molecule has 9 heteroatoms. The summed E-state index contributed by atoms with van der Waals surface area (Å²) in [5.41, 5.74) is 0. The quantitative estimate of drug-likeness (QED) is 0.221. The first-order valence-electron chi connectivity index (χ1n) is 12.1. The van der Waals surface area contributed by atoms with E-state index >= 15 is 0 Å². The lowest BCUT2D eigenvalue weighted by atomic mass is 9.76. The summed E-state index contributed by atoms with van der Waals surface area (Å²) in [7, 11) is -3.41. The molecule has 2 aliphatic rings. The van der Waals surface area contributed by atoms with Crippen molar-refractivity contribution in [1.29, 1.82) is 0 Å². The maximum atomic E-state index is 12.1. The predicted octanol–water partition coefficient (Wildman–Crippen LogP) is 2.99. The number of amides is 1. The highest BCUT2D eigenvalue weighted by Gasteiger charge is 2.47. The second-order valence-corrected chi connectivity index (χ2v) is 10.9. The summed E-state index contributed by atoms with van der Waals surface area (Å²) in [4.78, 5) is 22.6. The van der Waals surface area contributed by atoms with Gasteiger partial charge in [0.2, 0.25) is 15.9 Å². The predicted molar refractivity (Wildman–Crippen MR) is 124 cm³/mol. The molecule has 2 saturated heterocycles. The van der Waals surface area contributed by atoms with Crippen LogP contribution in [-0.4, -0.2) is 56.5 Å². The number of carboxylic acid groups (broad SMARTS) is 1. The number of fused-ring (bicyclic) bond motifs is 2. The second-order valence-electron chi connectivity index (χ2n) is 8.95. The lowest BCUT2D eigenvalue weighted by molar-refractivity contribution is -0.137. The zero-order valence-electron chi connectivity index (χ0n) is 19.3. The number of hydrogen-bond acceptors (Lipinski definition) is 5. The van der Waals surface area contributed by atoms with Gasteiger partial charge in [-0.1, -0.05) is 38.3 Å². The Labute approximate surface area is 192 Å². The van der Waals surface area contributed by atoms with E-state index in [2.05, 4.69) is 29.1 Å². The standard InChI is InChI=1S/C23H40N2O6S/c1-2-3-4-9-16-32(29,30)25-17-22(26)24-15-14-19-18(20-12-13-21(19)31-20)10-7-5-6-8-11-23(27)28/h5,7,18-21,25H,2-4,6,8-17H2,1H3,(H,24,26)(H,27,28). The van der Waals surface area contributed by atoms with E-state index in [1.54, 1.807) is 0 Å². The van der Waals surface area contributed by atoms with Crippen molar-refractivity contribution >= 4 is 21.9 Å². The molecule has 0 aromatic carbocycles. The summed E-state index contributed by atoms with van der Waals surface area (Å²) in [6.45, 7) is 2.36. The molecule has 4 atom stereocenters. The van der Waals surface area contributed by atoms with Crippen molar-refractivity contribution < 1.29 is 27.9 Å². The van der Waals surface area contributed by atoms with Crippen LogP contribution in [0, 0.1) is 11.8 Å². The van der Waals surface area contributed by atoms with Gasteiger partial charge in [0.1, 0.15) is 0 Å². The molecule has 2 heterocycles. The van der Waals surface area contributed by atoms with E-state index in [1.165, 1.54) is 0 Å². The number of unbranched alkanes of at least 4 members (excludes halogenated alkanes) is 4. The molecule has 8 nitrogen and oxygen atoms in total. The summed E-state index contributed by atoms with van der Waals surface area (Å²) in [5.74, 6) is -0.201. The van der Waals surface area contributed by atoms with Gasteiger partial charge in [0.25, 0.3) is 0 Å². The van der Waals surface area contributed by atoms with Gasteiger partial charge in [-0.25, -0.2) is 13.1 Å². The number of allylic oxidation sites excluding steroid dienone is 2. The Kier molecular flexibility index (Phi) is 11.7. The number of sulfonamides is 1. The molecule has 2 bridgehead atoms. The van der Waals surface area contributed by atoms with E-state index in [1.807, 2.05) is 0 Å². The van der Waals surface area contributed by atoms with Gasteiger partial charge in [0.05, 0.1) is 24.5 Å². The normalized spacial score (nSPS) is 24.9. The number of carbonyl (C=O) groups excluding carboxylic acids is 1. The van der Waals surface area contributed by atoms with Crippen LogP contribution in [0.1, 0.15) is 77.6 Å². The van der Waals surface area contributed by atoms with Crippen molar-refractivity contribution in [2.24, 2.45) is 11.8 Å². The fourth-order valence-corrected chi connectivity index (χ4v) is 5.83. The lowest BCUT2D eigenvalue weighted by Gasteiger charge is -2.27. The first-order chi connectivity index (χ1) is 15.3. The van der Waals surface area contributed by atoms with E-state index in [4.69, 9.17) is 9.84 Å². The van der Waals surface area contributed by atoms with Gasteiger partial charge >= 0.3 is 5.97 Å². The smallest absolute Gasteiger partial charge is 0.303 e. The lowest BCUT2D eigenvalue weighted by Crippen LogP contribution is -2.39. The minimum Gasteiger partial charge on any atom is -0.481 e. The molecule has 3 N–H and O–H groups in total. The Morgan fingerprint density at radius 2 is 1.81 bits per heavy atom. The third kappa shape index (κ3) is 9.58. The van der Waals surface area contributed by atoms with Crippen LogP contribution in [0.4, 0.5) is 0 Å². The molecular weight excluding hydrogens is 432 g/mol. The molecule has 184 valence electrons. The number of ether oxygens (including phenoxy) is 1. The third-order valence-corrected chi connectivity index (χ3v) is 7.86. The van der Waals surface area contributed by atoms with Gasteiger partial charge in [-0.15, -0.1) is 0 Å². The van der Waals surface area contributed by atoms with Gasteiger partial charge in [-0.05, 0) is 56.8 Å². The Morgan fingerprint density at radius 1 is 1.06 bits per heavy atom. The average molecular weight is 473 g/mol. The van der Waals surface area contributed by atoms with Crippen LogP contribution in [0.15, 0.2) is 12.2 Å². The minimum atomic E-state index is -3.41. The summed E-state index contributed by atoms with van der Waals surface area (Å²) in [6.07, 6.45) is 13.7. The van der Waals surface area contributed by atoms with E-state index < -0.39 is 16.0 Å². The van der Waals surface area contributed by atoms with Gasteiger partial charge in [0, 0.05) is 13.0 Å². The molecule has 0 spiro atoms. The summed E-state index contributed by atoms with van der Waals surface area (Å²) in [5, 5.41) is 11.5. The topological polar surface area (TPSA) is 122 Å². The molecule has 0 aliphatic carbocycles. The maximum Gasteiger partial charge on any atom is 0.303 e. The third-order valence-electron chi connectivity index (χ3n) is 6.45. The highest BCUT2D eigenvalue weighted by atomic mass is 32.2. The number of nitrogens with one attached hydrogen (secondary N) is 2. The molecule has 2 aliphatic heterocycles. The minimum absolute atomic E-state index is 0.0638. The molecular formula is C23H40N2O6S. The van der Waals surface area contributed by atoms with Crippen molar-refractivity contribution in [1.82, 2.24) is 10.0 Å². The molecule has 4 unspecified atom stereocenters. The molecule has 0 radical (unpaired) electrons. The van der Waals surface area contributed by atoms with Crippen LogP contribution >= 0.6 is 0 Å². The first kappa shape index (κ1) is 26.8. The maximum absolute atomic E-state index is 12.1. The van der Waals surface area contributed by atoms with Crippen LogP contribution in [0.25, 0.3) is 0 Å². The molecule has 2 rings (SSSR count). The fraction of sp³-hybridized carbons (Fsp3) is 0.826. The SMILES string of the molecule is CCCCCCS(=O)(=O)NCC(=O)NCCC1C2CCC(O2)C1CC=CCCCC(=O)O. The highest BCUT2D eigenvalue weighted by Crippen LogP contribution is 2.46. The molecule has 1 amide bonds. The zero-order chi connectivity index (χ0) is 23.4. The Balaban J connectivity index is 1.66. The van der Waals surface area contributed by atoms with E-state index in [0.29, 0.717) is 31.2 Å². The molecule has 0 aromatic rings. The van der Waals surface area contributed by atoms with Crippen molar-refractivity contribution in [3.8, 4) is 0 Å². The van der Waals surface area contributed by atoms with Crippen molar-refractivity contribution in [2.45, 2.75) is 89.8 Å². The van der Waals surface area contributed by atoms with Crippen LogP contribution in [0.2, 0.25) is 0 Å². The number of aliphatic carboxylic acids is 1. The van der Waals surface area contributed by atoms with Crippen LogP contribution < -0.4 is 10.0 Å². The van der Waals surface area contributed by atoms with Crippen LogP contribution in [0.5, 0.6) is 0 Å². The van der Waals surface area contributed by atoms with E-state index in [9.17, 15) is 18.0 Å². The largest absolute Gasteiger partial charge is 0.481 e. The van der Waals surface area contributed by atoms with Crippen molar-refractivity contribution in [2.75, 3.05) is 18.8 Å². The van der Waals surface area contributed by atoms with Crippen molar-refractivity contribution in [3.63, 3.8) is 0 Å². The Morgan fingerprint density at radius 3 is 2.53 bits per heavy atom. The average Bonchev–Trinajstić information content (AvgIpc) is 3.34. The molecule has 2 fully saturated rings. The van der Waals surface area contributed by atoms with E-state index in [0.717, 1.165) is 51.4 Å². The monoisotopic (exact) mass is 472 g/mol. The number of carbonyl (C=O) groups is 2. The summed E-state index contributed by atoms with van der Waals surface area (Å²) in [6, 6.07) is 0. The number of carboxylic acids is 1. The number of hydrogen-bond donors (Lipinski definition) is 3. The number of rotatable bonds is 17. The highest BCUT2D eigenvalue weighted by molar-refractivity contribution is 7.89. The molecule has 32 heavy (non-hydrogen) atoms. The summed E-state index contributed by atoms with van der Waals surface area (Å²) < 4.78 is 32.4. The van der Waals surface area contributed by atoms with Gasteiger partial charge in [0.15, 0.2) is 0 Å². The zero-order valence-corrected chi connectivity index (χ0v) is 20.1. The van der Waals surface area contributed by atoms with Gasteiger partial charge in [-0.3, -0.25) is 9.59 Å². The fourth-order valence-electron chi connectivity index (χ4n) is 4.75.